The Morgan fingerprint density at radius 2 is 2.00 bits per heavy atom. The van der Waals surface area contributed by atoms with Crippen molar-refractivity contribution in [2.75, 3.05) is 0 Å². The molecule has 0 saturated heterocycles. The monoisotopic (exact) mass is 338 g/mol. The molecule has 7 heteroatoms. The maximum atomic E-state index is 12.3. The molecule has 0 fully saturated rings. The van der Waals surface area contributed by atoms with Gasteiger partial charge in [-0.05, 0) is 35.7 Å². The number of furan rings is 1. The highest BCUT2D eigenvalue weighted by atomic mass is 79.9. The van der Waals surface area contributed by atoms with E-state index in [1.807, 2.05) is 20.8 Å². The minimum atomic E-state index is -3.61. The lowest BCUT2D eigenvalue weighted by Crippen LogP contribution is -2.44. The van der Waals surface area contributed by atoms with Gasteiger partial charge < -0.3 is 10.2 Å². The standard InChI is InChI=1S/C11H19BrN2O3S/c1-4-11(3,5-2)14-18(15,16)9-6-8(7-13)17-10(9)12/h6,14H,4-5,7,13H2,1-3H3. The van der Waals surface area contributed by atoms with Crippen LogP contribution in [0, 0.1) is 0 Å². The largest absolute Gasteiger partial charge is 0.452 e. The molecular weight excluding hydrogens is 320 g/mol. The molecule has 1 aromatic heterocycles. The van der Waals surface area contributed by atoms with E-state index in [1.165, 1.54) is 6.07 Å². The van der Waals surface area contributed by atoms with Gasteiger partial charge in [-0.3, -0.25) is 0 Å². The summed E-state index contributed by atoms with van der Waals surface area (Å²) in [6.07, 6.45) is 1.42. The Bertz CT molecular complexity index is 506. The van der Waals surface area contributed by atoms with E-state index in [1.54, 1.807) is 0 Å². The predicted molar refractivity (Wildman–Crippen MR) is 73.6 cm³/mol. The Morgan fingerprint density at radius 1 is 1.44 bits per heavy atom. The van der Waals surface area contributed by atoms with E-state index in [0.717, 1.165) is 0 Å². The van der Waals surface area contributed by atoms with Gasteiger partial charge in [-0.2, -0.15) is 0 Å². The van der Waals surface area contributed by atoms with Crippen LogP contribution in [0.3, 0.4) is 0 Å². The Kier molecular flexibility index (Phi) is 4.99. The second-order valence-electron chi connectivity index (χ2n) is 4.43. The third-order valence-electron chi connectivity index (χ3n) is 3.14. The first-order valence-corrected chi connectivity index (χ1v) is 8.08. The first kappa shape index (κ1) is 15.7. The van der Waals surface area contributed by atoms with Crippen LogP contribution in [0.1, 0.15) is 39.4 Å². The smallest absolute Gasteiger partial charge is 0.245 e. The maximum absolute atomic E-state index is 12.3. The van der Waals surface area contributed by atoms with Crippen molar-refractivity contribution >= 4 is 26.0 Å². The summed E-state index contributed by atoms with van der Waals surface area (Å²) < 4.78 is 32.6. The Balaban J connectivity index is 3.10. The van der Waals surface area contributed by atoms with Gasteiger partial charge in [0, 0.05) is 11.6 Å². The summed E-state index contributed by atoms with van der Waals surface area (Å²) >= 11 is 3.10. The second-order valence-corrected chi connectivity index (χ2v) is 6.80. The van der Waals surface area contributed by atoms with Gasteiger partial charge in [0.2, 0.25) is 10.0 Å². The van der Waals surface area contributed by atoms with E-state index in [4.69, 9.17) is 10.2 Å². The van der Waals surface area contributed by atoms with Crippen LogP contribution < -0.4 is 10.5 Å². The third-order valence-corrected chi connectivity index (χ3v) is 5.63. The minimum Gasteiger partial charge on any atom is -0.452 e. The maximum Gasteiger partial charge on any atom is 0.245 e. The number of sulfonamides is 1. The normalized spacial score (nSPS) is 12.9. The molecule has 1 heterocycles. The van der Waals surface area contributed by atoms with Crippen LogP contribution in [-0.4, -0.2) is 14.0 Å². The highest BCUT2D eigenvalue weighted by Crippen LogP contribution is 2.28. The SMILES string of the molecule is CCC(C)(CC)NS(=O)(=O)c1cc(CN)oc1Br. The molecule has 0 aliphatic carbocycles. The highest BCUT2D eigenvalue weighted by Gasteiger charge is 2.30. The summed E-state index contributed by atoms with van der Waals surface area (Å²) in [5.74, 6) is 0.428. The zero-order valence-corrected chi connectivity index (χ0v) is 13.2. The minimum absolute atomic E-state index is 0.0936. The molecule has 0 unspecified atom stereocenters. The first-order valence-electron chi connectivity index (χ1n) is 5.80. The van der Waals surface area contributed by atoms with Gasteiger partial charge >= 0.3 is 0 Å². The lowest BCUT2D eigenvalue weighted by Gasteiger charge is -2.27. The van der Waals surface area contributed by atoms with Crippen LogP contribution in [-0.2, 0) is 16.6 Å². The van der Waals surface area contributed by atoms with Crippen molar-refractivity contribution in [3.05, 3.63) is 16.5 Å². The molecule has 0 aromatic carbocycles. The summed E-state index contributed by atoms with van der Waals surface area (Å²) in [6, 6.07) is 1.44. The Labute approximate surface area is 116 Å². The Morgan fingerprint density at radius 3 is 2.39 bits per heavy atom. The van der Waals surface area contributed by atoms with Crippen LogP contribution in [0.4, 0.5) is 0 Å². The van der Waals surface area contributed by atoms with Crippen molar-refractivity contribution in [3.8, 4) is 0 Å². The van der Waals surface area contributed by atoms with E-state index < -0.39 is 15.6 Å². The number of nitrogens with one attached hydrogen (secondary N) is 1. The average molecular weight is 339 g/mol. The number of hydrogen-bond acceptors (Lipinski definition) is 4. The lowest BCUT2D eigenvalue weighted by molar-refractivity contribution is 0.388. The van der Waals surface area contributed by atoms with Crippen LogP contribution in [0.25, 0.3) is 0 Å². The molecule has 104 valence electrons. The quantitative estimate of drug-likeness (QED) is 0.833. The molecule has 0 aliphatic rings. The van der Waals surface area contributed by atoms with Crippen molar-refractivity contribution in [3.63, 3.8) is 0 Å². The molecule has 0 atom stereocenters. The molecule has 1 aromatic rings. The van der Waals surface area contributed by atoms with Gasteiger partial charge in [-0.25, -0.2) is 13.1 Å². The number of nitrogens with two attached hydrogens (primary N) is 1. The summed E-state index contributed by atoms with van der Waals surface area (Å²) in [7, 11) is -3.61. The van der Waals surface area contributed by atoms with Crippen molar-refractivity contribution in [2.24, 2.45) is 5.73 Å². The van der Waals surface area contributed by atoms with Crippen LogP contribution in [0.5, 0.6) is 0 Å². The molecular formula is C11H19BrN2O3S. The summed E-state index contributed by atoms with van der Waals surface area (Å²) in [6.45, 7) is 5.93. The van der Waals surface area contributed by atoms with Gasteiger partial charge in [0.25, 0.3) is 0 Å². The molecule has 0 amide bonds. The number of rotatable bonds is 6. The van der Waals surface area contributed by atoms with E-state index in [9.17, 15) is 8.42 Å². The van der Waals surface area contributed by atoms with Crippen molar-refractivity contribution in [1.29, 1.82) is 0 Å². The molecule has 0 bridgehead atoms. The van der Waals surface area contributed by atoms with Gasteiger partial charge in [0.1, 0.15) is 10.7 Å². The van der Waals surface area contributed by atoms with Gasteiger partial charge in [0.05, 0.1) is 6.54 Å². The van der Waals surface area contributed by atoms with Gasteiger partial charge in [-0.15, -0.1) is 0 Å². The third kappa shape index (κ3) is 3.34. The zero-order chi connectivity index (χ0) is 14.0. The van der Waals surface area contributed by atoms with Crippen LogP contribution in [0.2, 0.25) is 0 Å². The topological polar surface area (TPSA) is 85.3 Å². The van der Waals surface area contributed by atoms with Gasteiger partial charge in [0.15, 0.2) is 4.67 Å². The molecule has 0 spiro atoms. The number of hydrogen-bond donors (Lipinski definition) is 2. The van der Waals surface area contributed by atoms with E-state index in [0.29, 0.717) is 18.6 Å². The molecule has 0 saturated carbocycles. The van der Waals surface area contributed by atoms with E-state index >= 15 is 0 Å². The zero-order valence-electron chi connectivity index (χ0n) is 10.8. The number of halogens is 1. The van der Waals surface area contributed by atoms with Crippen molar-refractivity contribution < 1.29 is 12.8 Å². The fourth-order valence-electron chi connectivity index (χ4n) is 1.46. The molecule has 0 radical (unpaired) electrons. The molecule has 5 nitrogen and oxygen atoms in total. The van der Waals surface area contributed by atoms with Gasteiger partial charge in [-0.1, -0.05) is 13.8 Å². The van der Waals surface area contributed by atoms with E-state index in [2.05, 4.69) is 20.7 Å². The van der Waals surface area contributed by atoms with Crippen LogP contribution in [0.15, 0.2) is 20.0 Å². The summed E-state index contributed by atoms with van der Waals surface area (Å²) in [5.41, 5.74) is 4.97. The summed E-state index contributed by atoms with van der Waals surface area (Å²) in [4.78, 5) is 0.0936. The molecule has 0 aliphatic heterocycles. The summed E-state index contributed by atoms with van der Waals surface area (Å²) in [5, 5.41) is 0. The lowest BCUT2D eigenvalue weighted by atomic mass is 9.98. The van der Waals surface area contributed by atoms with Crippen molar-refractivity contribution in [2.45, 2.75) is 50.6 Å². The van der Waals surface area contributed by atoms with Crippen molar-refractivity contribution in [1.82, 2.24) is 4.72 Å². The molecule has 18 heavy (non-hydrogen) atoms. The fraction of sp³-hybridized carbons (Fsp3) is 0.636. The fourth-order valence-corrected chi connectivity index (χ4v) is 4.00. The van der Waals surface area contributed by atoms with Crippen LogP contribution >= 0.6 is 15.9 Å². The first-order chi connectivity index (χ1) is 8.28. The second kappa shape index (κ2) is 5.73. The Hall–Kier alpha value is -0.370. The predicted octanol–water partition coefficient (Wildman–Crippen LogP) is 2.36. The molecule has 3 N–H and O–H groups in total. The van der Waals surface area contributed by atoms with E-state index in [-0.39, 0.29) is 16.1 Å². The molecule has 1 rings (SSSR count). The highest BCUT2D eigenvalue weighted by molar-refractivity contribution is 9.10. The average Bonchev–Trinajstić information content (AvgIpc) is 2.70.